The Balaban J connectivity index is 1.79. The molecular weight excluding hydrogens is 580 g/mol. The second-order valence-electron chi connectivity index (χ2n) is 8.65. The molecule has 0 saturated heterocycles. The van der Waals surface area contributed by atoms with E-state index < -0.39 is 34.5 Å². The van der Waals surface area contributed by atoms with Crippen molar-refractivity contribution < 1.29 is 30.7 Å². The highest BCUT2D eigenvalue weighted by molar-refractivity contribution is 7.89. The predicted octanol–water partition coefficient (Wildman–Crippen LogP) is 5.80. The molecule has 0 aliphatic heterocycles. The van der Waals surface area contributed by atoms with Gasteiger partial charge in [0.2, 0.25) is 0 Å². The minimum Gasteiger partial charge on any atom is -0.405 e. The summed E-state index contributed by atoms with van der Waals surface area (Å²) in [4.78, 5) is 3.85. The SMILES string of the molecule is O=S(=O)(c1ccccc1)N(Cc1ccccc1OC(F)(F)F)N(Cc1ccc(F)cc1)C(=S)NCc1ccncc1. The van der Waals surface area contributed by atoms with Crippen molar-refractivity contribution in [3.05, 3.63) is 126 Å². The fraction of sp³-hybridized carbons (Fsp3) is 0.143. The van der Waals surface area contributed by atoms with Gasteiger partial charge in [-0.15, -0.1) is 17.6 Å². The summed E-state index contributed by atoms with van der Waals surface area (Å²) in [6, 6.07) is 21.5. The maximum absolute atomic E-state index is 14.1. The van der Waals surface area contributed by atoms with Crippen LogP contribution in [0.2, 0.25) is 0 Å². The monoisotopic (exact) mass is 604 g/mol. The Kier molecular flexibility index (Phi) is 9.53. The van der Waals surface area contributed by atoms with Gasteiger partial charge in [0.1, 0.15) is 11.6 Å². The van der Waals surface area contributed by atoms with Crippen molar-refractivity contribution in [2.24, 2.45) is 0 Å². The van der Waals surface area contributed by atoms with Gasteiger partial charge in [0.25, 0.3) is 10.0 Å². The number of pyridine rings is 1. The summed E-state index contributed by atoms with van der Waals surface area (Å²) >= 11 is 5.64. The molecule has 41 heavy (non-hydrogen) atoms. The topological polar surface area (TPSA) is 74.8 Å². The summed E-state index contributed by atoms with van der Waals surface area (Å²) in [6.45, 7) is -0.521. The first-order chi connectivity index (χ1) is 19.5. The average Bonchev–Trinajstić information content (AvgIpc) is 2.95. The quantitative estimate of drug-likeness (QED) is 0.139. The number of hydrazine groups is 1. The first-order valence-electron chi connectivity index (χ1n) is 12.1. The number of rotatable bonds is 10. The van der Waals surface area contributed by atoms with Gasteiger partial charge in [0, 0.05) is 24.5 Å². The Hall–Kier alpha value is -4.07. The van der Waals surface area contributed by atoms with E-state index in [9.17, 15) is 26.0 Å². The normalized spacial score (nSPS) is 11.7. The summed E-state index contributed by atoms with van der Waals surface area (Å²) in [5, 5.41) is 4.19. The van der Waals surface area contributed by atoms with Gasteiger partial charge in [-0.25, -0.2) is 12.8 Å². The molecule has 0 fully saturated rings. The van der Waals surface area contributed by atoms with Crippen LogP contribution in [0.15, 0.2) is 108 Å². The lowest BCUT2D eigenvalue weighted by Gasteiger charge is -2.36. The van der Waals surface area contributed by atoms with Crippen LogP contribution in [-0.2, 0) is 29.7 Å². The molecule has 0 aliphatic rings. The highest BCUT2D eigenvalue weighted by Crippen LogP contribution is 2.30. The lowest BCUT2D eigenvalue weighted by Crippen LogP contribution is -2.52. The van der Waals surface area contributed by atoms with E-state index in [1.165, 1.54) is 71.7 Å². The molecule has 1 N–H and O–H groups in total. The second-order valence-corrected chi connectivity index (χ2v) is 10.9. The molecule has 0 amide bonds. The van der Waals surface area contributed by atoms with E-state index in [0.29, 0.717) is 5.56 Å². The smallest absolute Gasteiger partial charge is 0.405 e. The van der Waals surface area contributed by atoms with Crippen molar-refractivity contribution in [3.63, 3.8) is 0 Å². The van der Waals surface area contributed by atoms with Gasteiger partial charge in [-0.2, -0.15) is 0 Å². The average molecular weight is 605 g/mol. The zero-order valence-corrected chi connectivity index (χ0v) is 23.0. The molecule has 0 aliphatic carbocycles. The van der Waals surface area contributed by atoms with Crippen LogP contribution in [0.4, 0.5) is 17.6 Å². The van der Waals surface area contributed by atoms with E-state index >= 15 is 0 Å². The van der Waals surface area contributed by atoms with Gasteiger partial charge < -0.3 is 10.1 Å². The number of hydrogen-bond acceptors (Lipinski definition) is 5. The Bertz CT molecular complexity index is 1560. The van der Waals surface area contributed by atoms with Crippen LogP contribution in [0.25, 0.3) is 0 Å². The van der Waals surface area contributed by atoms with Gasteiger partial charge in [-0.05, 0) is 65.8 Å². The van der Waals surface area contributed by atoms with Gasteiger partial charge in [-0.3, -0.25) is 9.99 Å². The second kappa shape index (κ2) is 13.1. The Morgan fingerprint density at radius 1 is 0.854 bits per heavy atom. The van der Waals surface area contributed by atoms with E-state index in [2.05, 4.69) is 15.0 Å². The fourth-order valence-corrected chi connectivity index (χ4v) is 5.54. The number of alkyl halides is 3. The van der Waals surface area contributed by atoms with E-state index in [1.807, 2.05) is 0 Å². The van der Waals surface area contributed by atoms with Crippen molar-refractivity contribution in [2.45, 2.75) is 30.9 Å². The van der Waals surface area contributed by atoms with Gasteiger partial charge in [0.05, 0.1) is 18.0 Å². The highest BCUT2D eigenvalue weighted by Gasteiger charge is 2.35. The van der Waals surface area contributed by atoms with E-state index in [1.54, 1.807) is 30.6 Å². The number of thiocarbonyl (C=S) groups is 1. The van der Waals surface area contributed by atoms with E-state index in [4.69, 9.17) is 12.2 Å². The summed E-state index contributed by atoms with van der Waals surface area (Å²) in [5.41, 5.74) is 1.23. The highest BCUT2D eigenvalue weighted by atomic mass is 32.2. The molecule has 3 aromatic carbocycles. The fourth-order valence-electron chi connectivity index (χ4n) is 3.80. The number of sulfonamides is 1. The number of para-hydroxylation sites is 1. The Morgan fingerprint density at radius 2 is 1.49 bits per heavy atom. The van der Waals surface area contributed by atoms with Crippen molar-refractivity contribution in [1.82, 2.24) is 19.7 Å². The molecule has 0 atom stereocenters. The van der Waals surface area contributed by atoms with Gasteiger partial charge >= 0.3 is 6.36 Å². The molecule has 0 spiro atoms. The molecule has 4 rings (SSSR count). The van der Waals surface area contributed by atoms with Crippen LogP contribution < -0.4 is 10.1 Å². The first-order valence-corrected chi connectivity index (χ1v) is 14.0. The molecule has 0 bridgehead atoms. The lowest BCUT2D eigenvalue weighted by atomic mass is 10.2. The number of ether oxygens (including phenoxy) is 1. The summed E-state index contributed by atoms with van der Waals surface area (Å²) in [5.74, 6) is -1.06. The summed E-state index contributed by atoms with van der Waals surface area (Å²) < 4.78 is 86.4. The zero-order valence-electron chi connectivity index (χ0n) is 21.3. The molecule has 4 aromatic rings. The van der Waals surface area contributed by atoms with Crippen LogP contribution in [0.1, 0.15) is 16.7 Å². The first kappa shape index (κ1) is 29.9. The molecule has 0 radical (unpaired) electrons. The maximum atomic E-state index is 14.1. The van der Waals surface area contributed by atoms with E-state index in [-0.39, 0.29) is 28.7 Å². The number of hydrogen-bond donors (Lipinski definition) is 1. The number of benzene rings is 3. The van der Waals surface area contributed by atoms with Crippen LogP contribution in [0, 0.1) is 5.82 Å². The molecule has 1 aromatic heterocycles. The van der Waals surface area contributed by atoms with Crippen molar-refractivity contribution in [2.75, 3.05) is 0 Å². The predicted molar refractivity (Wildman–Crippen MR) is 148 cm³/mol. The molecule has 214 valence electrons. The third-order valence-corrected chi connectivity index (χ3v) is 7.87. The standard InChI is InChI=1S/C28H24F4N4O3S2/c29-24-12-10-22(11-13-24)19-35(27(40)34-18-21-14-16-33-17-15-21)36(41(37,38)25-7-2-1-3-8-25)20-23-6-4-5-9-26(23)39-28(30,31)32/h1-17H,18-20H2,(H,34,40). The molecular formula is C28H24F4N4O3S2. The molecule has 13 heteroatoms. The van der Waals surface area contributed by atoms with Crippen molar-refractivity contribution >= 4 is 27.4 Å². The number of nitrogens with zero attached hydrogens (tertiary/aromatic N) is 3. The third kappa shape index (κ3) is 8.22. The number of nitrogens with one attached hydrogen (secondary N) is 1. The van der Waals surface area contributed by atoms with Gasteiger partial charge in [-0.1, -0.05) is 48.5 Å². The number of aromatic nitrogens is 1. The van der Waals surface area contributed by atoms with Crippen LogP contribution >= 0.6 is 12.2 Å². The van der Waals surface area contributed by atoms with Crippen molar-refractivity contribution in [3.8, 4) is 5.75 Å². The van der Waals surface area contributed by atoms with Crippen LogP contribution in [0.5, 0.6) is 5.75 Å². The largest absolute Gasteiger partial charge is 0.573 e. The van der Waals surface area contributed by atoms with Crippen molar-refractivity contribution in [1.29, 1.82) is 0 Å². The van der Waals surface area contributed by atoms with Crippen LogP contribution in [-0.4, -0.2) is 34.3 Å². The Morgan fingerprint density at radius 3 is 2.15 bits per heavy atom. The molecule has 0 unspecified atom stereocenters. The third-order valence-electron chi connectivity index (χ3n) is 5.76. The molecule has 0 saturated carbocycles. The number of halogens is 4. The van der Waals surface area contributed by atoms with E-state index in [0.717, 1.165) is 16.0 Å². The minimum absolute atomic E-state index is 0.0418. The molecule has 7 nitrogen and oxygen atoms in total. The zero-order chi connectivity index (χ0) is 29.5. The van der Waals surface area contributed by atoms with Gasteiger partial charge in [0.15, 0.2) is 5.11 Å². The van der Waals surface area contributed by atoms with Crippen LogP contribution in [0.3, 0.4) is 0 Å². The molecule has 1 heterocycles. The summed E-state index contributed by atoms with van der Waals surface area (Å²) in [7, 11) is -4.40. The summed E-state index contributed by atoms with van der Waals surface area (Å²) in [6.07, 6.45) is -1.84. The Labute approximate surface area is 240 Å². The maximum Gasteiger partial charge on any atom is 0.573 e. The minimum atomic E-state index is -5.01. The lowest BCUT2D eigenvalue weighted by molar-refractivity contribution is -0.275.